The number of hydrogen-bond acceptors (Lipinski definition) is 7. The van der Waals surface area contributed by atoms with E-state index in [4.69, 9.17) is 13.9 Å². The quantitative estimate of drug-likeness (QED) is 0.131. The standard InChI is InChI=1S/C38H67NO5SSi/c1-15-17-31(35(41)37(9,10)33-22-23-42-38(11,12)43-33)34(40)27(3)19-16-18-26(2)20-21-32(44-46(13,14)36(6,7)8)28(4)24-30-25-45-29(5)39-30/h20,24-25,27,31-34,40H,15-19,21-23H2,1-14H3/b26-20?,28-24+/t27-,31+,32-,33-,34-/m0/s1. The van der Waals surface area contributed by atoms with E-state index in [2.05, 4.69) is 84.1 Å². The number of aryl methyl sites for hydroxylation is 1. The third kappa shape index (κ3) is 11.8. The molecule has 0 unspecified atom stereocenters. The second-order valence-electron chi connectivity index (χ2n) is 16.3. The van der Waals surface area contributed by atoms with Gasteiger partial charge in [-0.1, -0.05) is 66.5 Å². The number of nitrogens with zero attached hydrogens (tertiary/aromatic N) is 1. The van der Waals surface area contributed by atoms with E-state index in [1.807, 2.05) is 34.6 Å². The maximum absolute atomic E-state index is 14.0. The first kappa shape index (κ1) is 41.0. The van der Waals surface area contributed by atoms with Crippen molar-refractivity contribution in [2.24, 2.45) is 17.3 Å². The number of thiazole rings is 1. The molecule has 1 aromatic heterocycles. The molecule has 1 saturated heterocycles. The van der Waals surface area contributed by atoms with Crippen LogP contribution in [0.2, 0.25) is 18.1 Å². The number of ketones is 1. The molecular weight excluding hydrogens is 611 g/mol. The van der Waals surface area contributed by atoms with Crippen LogP contribution < -0.4 is 0 Å². The molecule has 1 aliphatic heterocycles. The highest BCUT2D eigenvalue weighted by Gasteiger charge is 2.47. The van der Waals surface area contributed by atoms with Gasteiger partial charge in [-0.05, 0) is 109 Å². The van der Waals surface area contributed by atoms with E-state index >= 15 is 0 Å². The summed E-state index contributed by atoms with van der Waals surface area (Å²) in [7, 11) is -1.98. The predicted octanol–water partition coefficient (Wildman–Crippen LogP) is 10.3. The van der Waals surface area contributed by atoms with Gasteiger partial charge in [0, 0.05) is 11.3 Å². The fourth-order valence-electron chi connectivity index (χ4n) is 6.07. The van der Waals surface area contributed by atoms with Crippen LogP contribution in [0.4, 0.5) is 0 Å². The Morgan fingerprint density at radius 2 is 1.87 bits per heavy atom. The Balaban J connectivity index is 2.06. The maximum Gasteiger partial charge on any atom is 0.192 e. The van der Waals surface area contributed by atoms with E-state index in [1.54, 1.807) is 11.3 Å². The lowest BCUT2D eigenvalue weighted by Crippen LogP contribution is -2.52. The summed E-state index contributed by atoms with van der Waals surface area (Å²) in [6.07, 6.45) is 9.46. The number of ether oxygens (including phenoxy) is 2. The van der Waals surface area contributed by atoms with Gasteiger partial charge in [0.25, 0.3) is 0 Å². The highest BCUT2D eigenvalue weighted by Crippen LogP contribution is 2.40. The van der Waals surface area contributed by atoms with E-state index in [-0.39, 0.29) is 28.9 Å². The van der Waals surface area contributed by atoms with Gasteiger partial charge in [-0.25, -0.2) is 4.98 Å². The zero-order valence-electron chi connectivity index (χ0n) is 31.7. The number of hydrogen-bond donors (Lipinski definition) is 1. The Bertz CT molecular complexity index is 1180. The van der Waals surface area contributed by atoms with Crippen LogP contribution in [0, 0.1) is 24.2 Å². The van der Waals surface area contributed by atoms with Crippen molar-refractivity contribution >= 4 is 31.5 Å². The molecule has 0 saturated carbocycles. The van der Waals surface area contributed by atoms with Gasteiger partial charge in [0.05, 0.1) is 41.0 Å². The molecule has 0 spiro atoms. The Morgan fingerprint density at radius 3 is 2.41 bits per heavy atom. The van der Waals surface area contributed by atoms with Gasteiger partial charge in [0.15, 0.2) is 14.1 Å². The third-order valence-corrected chi connectivity index (χ3v) is 15.6. The van der Waals surface area contributed by atoms with E-state index in [9.17, 15) is 9.90 Å². The first-order valence-corrected chi connectivity index (χ1v) is 21.4. The molecule has 0 aliphatic carbocycles. The molecule has 0 aromatic carbocycles. The second-order valence-corrected chi connectivity index (χ2v) is 22.1. The summed E-state index contributed by atoms with van der Waals surface area (Å²) in [5, 5.41) is 14.8. The monoisotopic (exact) mass is 677 g/mol. The fourth-order valence-corrected chi connectivity index (χ4v) is 7.99. The van der Waals surface area contributed by atoms with Crippen molar-refractivity contribution in [1.29, 1.82) is 0 Å². The van der Waals surface area contributed by atoms with Gasteiger partial charge in [-0.3, -0.25) is 4.79 Å². The molecule has 2 rings (SSSR count). The van der Waals surface area contributed by atoms with Crippen molar-refractivity contribution in [2.75, 3.05) is 6.61 Å². The molecule has 1 aromatic rings. The van der Waals surface area contributed by atoms with E-state index in [0.717, 1.165) is 42.8 Å². The largest absolute Gasteiger partial charge is 0.410 e. The average Bonchev–Trinajstić information content (AvgIpc) is 3.35. The van der Waals surface area contributed by atoms with Gasteiger partial charge in [-0.15, -0.1) is 11.3 Å². The SMILES string of the molecule is CCC[C@@H](C(=O)C(C)(C)[C@@H]1CCOC(C)(C)O1)[C@@H](O)[C@@H](C)CCCC(C)=CC[C@H](O[Si](C)(C)C(C)(C)C)/C(C)=C/c1csc(C)n1. The molecule has 2 heterocycles. The van der Waals surface area contributed by atoms with E-state index < -0.39 is 31.5 Å². The lowest BCUT2D eigenvalue weighted by Gasteiger charge is -2.44. The van der Waals surface area contributed by atoms with Crippen LogP contribution in [-0.2, 0) is 18.7 Å². The number of aliphatic hydroxyl groups excluding tert-OH is 1. The van der Waals surface area contributed by atoms with Crippen LogP contribution in [0.15, 0.2) is 22.6 Å². The van der Waals surface area contributed by atoms with Crippen molar-refractivity contribution < 1.29 is 23.8 Å². The fraction of sp³-hybridized carbons (Fsp3) is 0.789. The number of Topliss-reactive ketones (excluding diaryl/α,β-unsaturated/α-hetero) is 1. The van der Waals surface area contributed by atoms with Crippen molar-refractivity contribution in [1.82, 2.24) is 4.98 Å². The number of allylic oxidation sites excluding steroid dienone is 1. The summed E-state index contributed by atoms with van der Waals surface area (Å²) in [5.74, 6) is -0.968. The molecule has 46 heavy (non-hydrogen) atoms. The minimum atomic E-state index is -1.98. The smallest absolute Gasteiger partial charge is 0.192 e. The molecule has 1 aliphatic rings. The lowest BCUT2D eigenvalue weighted by atomic mass is 9.71. The Morgan fingerprint density at radius 1 is 1.22 bits per heavy atom. The summed E-state index contributed by atoms with van der Waals surface area (Å²) in [6.45, 7) is 30.4. The summed E-state index contributed by atoms with van der Waals surface area (Å²) >= 11 is 1.67. The van der Waals surface area contributed by atoms with Crippen LogP contribution >= 0.6 is 11.3 Å². The summed E-state index contributed by atoms with van der Waals surface area (Å²) in [4.78, 5) is 18.6. The first-order valence-electron chi connectivity index (χ1n) is 17.6. The first-order chi connectivity index (χ1) is 21.1. The molecule has 5 atom stereocenters. The molecule has 264 valence electrons. The molecule has 1 fully saturated rings. The highest BCUT2D eigenvalue weighted by atomic mass is 32.1. The average molecular weight is 678 g/mol. The Kier molecular flexibility index (Phi) is 15.1. The van der Waals surface area contributed by atoms with E-state index in [1.165, 1.54) is 11.1 Å². The topological polar surface area (TPSA) is 77.9 Å². The second kappa shape index (κ2) is 17.0. The van der Waals surface area contributed by atoms with Crippen molar-refractivity contribution in [3.63, 3.8) is 0 Å². The van der Waals surface area contributed by atoms with Gasteiger partial charge in [0.2, 0.25) is 0 Å². The number of aromatic nitrogens is 1. The Labute approximate surface area is 286 Å². The Hall–Kier alpha value is -1.16. The van der Waals surface area contributed by atoms with Gasteiger partial charge >= 0.3 is 0 Å². The van der Waals surface area contributed by atoms with Gasteiger partial charge < -0.3 is 19.0 Å². The molecule has 8 heteroatoms. The van der Waals surface area contributed by atoms with Crippen LogP contribution in [0.3, 0.4) is 0 Å². The lowest BCUT2D eigenvalue weighted by molar-refractivity contribution is -0.289. The predicted molar refractivity (Wildman–Crippen MR) is 197 cm³/mol. The number of carbonyl (C=O) groups excluding carboxylic acids is 1. The number of carbonyl (C=O) groups is 1. The third-order valence-electron chi connectivity index (χ3n) is 10.3. The number of aliphatic hydroxyl groups is 1. The summed E-state index contributed by atoms with van der Waals surface area (Å²) in [5.41, 5.74) is 2.85. The zero-order chi connectivity index (χ0) is 35.1. The highest BCUT2D eigenvalue weighted by molar-refractivity contribution is 7.09. The summed E-state index contributed by atoms with van der Waals surface area (Å²) in [6, 6.07) is 0. The zero-order valence-corrected chi connectivity index (χ0v) is 33.5. The van der Waals surface area contributed by atoms with Crippen LogP contribution in [0.5, 0.6) is 0 Å². The molecular formula is C38H67NO5SSi. The summed E-state index contributed by atoms with van der Waals surface area (Å²) < 4.78 is 18.9. The molecule has 1 N–H and O–H groups in total. The van der Waals surface area contributed by atoms with Crippen LogP contribution in [0.25, 0.3) is 6.08 Å². The van der Waals surface area contributed by atoms with Crippen LogP contribution in [-0.4, -0.2) is 54.9 Å². The van der Waals surface area contributed by atoms with Gasteiger partial charge in [0.1, 0.15) is 5.78 Å². The molecule has 0 bridgehead atoms. The normalized spacial score (nSPS) is 21.2. The molecule has 6 nitrogen and oxygen atoms in total. The minimum absolute atomic E-state index is 0.00745. The number of rotatable bonds is 17. The van der Waals surface area contributed by atoms with Crippen molar-refractivity contribution in [2.45, 2.75) is 170 Å². The molecule has 0 amide bonds. The maximum atomic E-state index is 14.0. The van der Waals surface area contributed by atoms with Crippen molar-refractivity contribution in [3.05, 3.63) is 33.3 Å². The molecule has 0 radical (unpaired) electrons. The minimum Gasteiger partial charge on any atom is -0.410 e. The van der Waals surface area contributed by atoms with Crippen LogP contribution in [0.1, 0.15) is 132 Å². The van der Waals surface area contributed by atoms with E-state index in [0.29, 0.717) is 19.4 Å². The van der Waals surface area contributed by atoms with Gasteiger partial charge in [-0.2, -0.15) is 0 Å². The van der Waals surface area contributed by atoms with Crippen molar-refractivity contribution in [3.8, 4) is 0 Å².